The van der Waals surface area contributed by atoms with Gasteiger partial charge in [0.05, 0.1) is 5.71 Å². The standard InChI is InChI=1S/C12H9F2N3/c13-9-4-3-7(6-10(9)14)11(15)8-2-1-5-17-12(8)16/h1-6,15H,(H2,16,17). The maximum absolute atomic E-state index is 13.0. The molecule has 0 bridgehead atoms. The molecule has 0 aliphatic carbocycles. The van der Waals surface area contributed by atoms with Crippen molar-refractivity contribution in [1.29, 1.82) is 5.41 Å². The lowest BCUT2D eigenvalue weighted by Crippen LogP contribution is -2.07. The molecule has 2 rings (SSSR count). The molecule has 0 aliphatic heterocycles. The number of rotatable bonds is 2. The van der Waals surface area contributed by atoms with Crippen LogP contribution < -0.4 is 5.73 Å². The van der Waals surface area contributed by atoms with Gasteiger partial charge in [0.2, 0.25) is 0 Å². The third-order valence-electron chi connectivity index (χ3n) is 2.32. The van der Waals surface area contributed by atoms with Crippen LogP contribution in [0.2, 0.25) is 0 Å². The minimum Gasteiger partial charge on any atom is -0.383 e. The van der Waals surface area contributed by atoms with Crippen molar-refractivity contribution in [2.45, 2.75) is 0 Å². The number of nitrogens with zero attached hydrogens (tertiary/aromatic N) is 1. The van der Waals surface area contributed by atoms with E-state index in [1.807, 2.05) is 0 Å². The van der Waals surface area contributed by atoms with Gasteiger partial charge in [-0.25, -0.2) is 13.8 Å². The summed E-state index contributed by atoms with van der Waals surface area (Å²) in [5.41, 5.74) is 6.26. The Hall–Kier alpha value is -2.30. The molecule has 3 nitrogen and oxygen atoms in total. The topological polar surface area (TPSA) is 62.8 Å². The Balaban J connectivity index is 2.44. The number of nitrogens with two attached hydrogens (primary N) is 1. The van der Waals surface area contributed by atoms with Crippen LogP contribution in [0, 0.1) is 17.0 Å². The van der Waals surface area contributed by atoms with Crippen molar-refractivity contribution in [3.8, 4) is 0 Å². The molecule has 1 aromatic carbocycles. The summed E-state index contributed by atoms with van der Waals surface area (Å²) in [6.07, 6.45) is 1.50. The number of hydrogen-bond donors (Lipinski definition) is 2. The molecular formula is C12H9F2N3. The van der Waals surface area contributed by atoms with Crippen molar-refractivity contribution in [3.63, 3.8) is 0 Å². The Morgan fingerprint density at radius 3 is 2.59 bits per heavy atom. The molecule has 0 saturated heterocycles. The van der Waals surface area contributed by atoms with E-state index in [1.54, 1.807) is 12.1 Å². The fraction of sp³-hybridized carbons (Fsp3) is 0. The highest BCUT2D eigenvalue weighted by atomic mass is 19.2. The number of halogens is 2. The number of nitrogen functional groups attached to an aromatic ring is 1. The number of benzene rings is 1. The lowest BCUT2D eigenvalue weighted by molar-refractivity contribution is 0.508. The van der Waals surface area contributed by atoms with Crippen molar-refractivity contribution < 1.29 is 8.78 Å². The molecule has 1 heterocycles. The van der Waals surface area contributed by atoms with E-state index in [9.17, 15) is 8.78 Å². The number of aromatic nitrogens is 1. The van der Waals surface area contributed by atoms with E-state index in [0.717, 1.165) is 12.1 Å². The molecule has 0 aliphatic rings. The monoisotopic (exact) mass is 233 g/mol. The van der Waals surface area contributed by atoms with Crippen LogP contribution in [0.25, 0.3) is 0 Å². The zero-order chi connectivity index (χ0) is 12.4. The van der Waals surface area contributed by atoms with Crippen LogP contribution in [-0.2, 0) is 0 Å². The predicted molar refractivity (Wildman–Crippen MR) is 60.9 cm³/mol. The molecule has 2 aromatic rings. The van der Waals surface area contributed by atoms with Crippen molar-refractivity contribution in [1.82, 2.24) is 4.98 Å². The molecule has 0 atom stereocenters. The number of anilines is 1. The SMILES string of the molecule is N=C(c1ccc(F)c(F)c1)c1cccnc1N. The maximum Gasteiger partial charge on any atom is 0.159 e. The molecule has 0 amide bonds. The zero-order valence-electron chi connectivity index (χ0n) is 8.74. The van der Waals surface area contributed by atoms with Gasteiger partial charge in [0.25, 0.3) is 0 Å². The summed E-state index contributed by atoms with van der Waals surface area (Å²) < 4.78 is 25.8. The Bertz CT molecular complexity index is 582. The first kappa shape index (κ1) is 11.2. The molecule has 86 valence electrons. The summed E-state index contributed by atoms with van der Waals surface area (Å²) in [5, 5.41) is 7.87. The largest absolute Gasteiger partial charge is 0.383 e. The summed E-state index contributed by atoms with van der Waals surface area (Å²) in [4.78, 5) is 3.83. The number of nitrogens with one attached hydrogen (secondary N) is 1. The molecule has 3 N–H and O–H groups in total. The lowest BCUT2D eigenvalue weighted by Gasteiger charge is -2.06. The van der Waals surface area contributed by atoms with E-state index < -0.39 is 11.6 Å². The highest BCUT2D eigenvalue weighted by molar-refractivity contribution is 6.13. The molecule has 1 aromatic heterocycles. The summed E-state index contributed by atoms with van der Waals surface area (Å²) in [7, 11) is 0. The summed E-state index contributed by atoms with van der Waals surface area (Å²) in [5.74, 6) is -1.75. The molecule has 17 heavy (non-hydrogen) atoms. The van der Waals surface area contributed by atoms with Gasteiger partial charge in [-0.2, -0.15) is 0 Å². The summed E-state index contributed by atoms with van der Waals surface area (Å²) >= 11 is 0. The Labute approximate surface area is 96.4 Å². The van der Waals surface area contributed by atoms with Crippen LogP contribution in [0.4, 0.5) is 14.6 Å². The quantitative estimate of drug-likeness (QED) is 0.782. The summed E-state index contributed by atoms with van der Waals surface area (Å²) in [6, 6.07) is 6.50. The van der Waals surface area contributed by atoms with Crippen LogP contribution in [0.15, 0.2) is 36.5 Å². The van der Waals surface area contributed by atoms with Crippen molar-refractivity contribution >= 4 is 11.5 Å². The van der Waals surface area contributed by atoms with Crippen molar-refractivity contribution in [3.05, 3.63) is 59.3 Å². The first-order valence-electron chi connectivity index (χ1n) is 4.84. The average Bonchev–Trinajstić information content (AvgIpc) is 2.32. The van der Waals surface area contributed by atoms with E-state index in [2.05, 4.69) is 4.98 Å². The molecule has 0 saturated carbocycles. The summed E-state index contributed by atoms with van der Waals surface area (Å²) in [6.45, 7) is 0. The fourth-order valence-corrected chi connectivity index (χ4v) is 1.44. The van der Waals surface area contributed by atoms with E-state index in [4.69, 9.17) is 11.1 Å². The van der Waals surface area contributed by atoms with Crippen LogP contribution in [0.3, 0.4) is 0 Å². The van der Waals surface area contributed by atoms with Crippen LogP contribution in [-0.4, -0.2) is 10.7 Å². The highest BCUT2D eigenvalue weighted by Crippen LogP contribution is 2.16. The van der Waals surface area contributed by atoms with Gasteiger partial charge in [-0.1, -0.05) is 0 Å². The van der Waals surface area contributed by atoms with Gasteiger partial charge in [-0.15, -0.1) is 0 Å². The normalized spacial score (nSPS) is 10.2. The molecule has 0 spiro atoms. The molecular weight excluding hydrogens is 224 g/mol. The molecule has 0 radical (unpaired) electrons. The second-order valence-corrected chi connectivity index (χ2v) is 3.44. The molecule has 0 unspecified atom stereocenters. The van der Waals surface area contributed by atoms with Crippen LogP contribution in [0.1, 0.15) is 11.1 Å². The lowest BCUT2D eigenvalue weighted by atomic mass is 10.0. The van der Waals surface area contributed by atoms with Gasteiger partial charge in [0, 0.05) is 17.3 Å². The van der Waals surface area contributed by atoms with E-state index in [1.165, 1.54) is 12.3 Å². The second-order valence-electron chi connectivity index (χ2n) is 3.44. The van der Waals surface area contributed by atoms with Gasteiger partial charge in [-0.05, 0) is 30.3 Å². The van der Waals surface area contributed by atoms with Crippen LogP contribution in [0.5, 0.6) is 0 Å². The first-order valence-corrected chi connectivity index (χ1v) is 4.84. The van der Waals surface area contributed by atoms with Gasteiger partial charge < -0.3 is 5.73 Å². The second kappa shape index (κ2) is 4.29. The van der Waals surface area contributed by atoms with Gasteiger partial charge >= 0.3 is 0 Å². The third kappa shape index (κ3) is 2.13. The average molecular weight is 233 g/mol. The third-order valence-corrected chi connectivity index (χ3v) is 2.32. The van der Waals surface area contributed by atoms with E-state index >= 15 is 0 Å². The predicted octanol–water partition coefficient (Wildman–Crippen LogP) is 2.36. The number of pyridine rings is 1. The molecule has 0 fully saturated rings. The van der Waals surface area contributed by atoms with Gasteiger partial charge in [0.1, 0.15) is 5.82 Å². The minimum atomic E-state index is -0.991. The van der Waals surface area contributed by atoms with Crippen LogP contribution >= 0.6 is 0 Å². The van der Waals surface area contributed by atoms with Gasteiger partial charge in [-0.3, -0.25) is 5.41 Å². The Kier molecular flexibility index (Phi) is 2.82. The van der Waals surface area contributed by atoms with Crippen molar-refractivity contribution in [2.75, 3.05) is 5.73 Å². The number of hydrogen-bond acceptors (Lipinski definition) is 3. The minimum absolute atomic E-state index is 0.00880. The van der Waals surface area contributed by atoms with E-state index in [-0.39, 0.29) is 17.1 Å². The van der Waals surface area contributed by atoms with Crippen molar-refractivity contribution in [2.24, 2.45) is 0 Å². The Morgan fingerprint density at radius 1 is 1.18 bits per heavy atom. The first-order chi connectivity index (χ1) is 8.09. The molecule has 5 heteroatoms. The zero-order valence-corrected chi connectivity index (χ0v) is 8.74. The fourth-order valence-electron chi connectivity index (χ4n) is 1.44. The maximum atomic E-state index is 13.0. The van der Waals surface area contributed by atoms with Gasteiger partial charge in [0.15, 0.2) is 11.6 Å². The Morgan fingerprint density at radius 2 is 1.94 bits per heavy atom. The highest BCUT2D eigenvalue weighted by Gasteiger charge is 2.11. The van der Waals surface area contributed by atoms with E-state index in [0.29, 0.717) is 5.56 Å². The smallest absolute Gasteiger partial charge is 0.159 e.